The fourth-order valence-electron chi connectivity index (χ4n) is 1.79. The number of carbonyl (C=O) groups is 1. The predicted octanol–water partition coefficient (Wildman–Crippen LogP) is 1.89. The lowest BCUT2D eigenvalue weighted by Gasteiger charge is -2.06. The van der Waals surface area contributed by atoms with Crippen molar-refractivity contribution >= 4 is 6.29 Å². The molecule has 14 heavy (non-hydrogen) atoms. The number of hydrogen-bond donors (Lipinski definition) is 0. The number of benzene rings is 1. The van der Waals surface area contributed by atoms with Crippen LogP contribution in [-0.2, 0) is 17.6 Å². The van der Waals surface area contributed by atoms with E-state index in [1.807, 2.05) is 0 Å². The Labute approximate surface area is 81.7 Å². The molecule has 0 atom stereocenters. The van der Waals surface area contributed by atoms with Crippen LogP contribution in [-0.4, -0.2) is 12.9 Å². The normalized spacial score (nSPS) is 13.5. The van der Waals surface area contributed by atoms with Crippen molar-refractivity contribution in [1.82, 2.24) is 0 Å². The van der Waals surface area contributed by atoms with Crippen LogP contribution in [0, 0.1) is 5.82 Å². The van der Waals surface area contributed by atoms with Gasteiger partial charge in [0, 0.05) is 18.4 Å². The lowest BCUT2D eigenvalue weighted by Crippen LogP contribution is -1.96. The van der Waals surface area contributed by atoms with E-state index in [-0.39, 0.29) is 5.82 Å². The summed E-state index contributed by atoms with van der Waals surface area (Å²) in [5.74, 6) is 0.545. The molecule has 0 aliphatic carbocycles. The van der Waals surface area contributed by atoms with Crippen LogP contribution < -0.4 is 4.74 Å². The Bertz CT molecular complexity index is 361. The summed E-state index contributed by atoms with van der Waals surface area (Å²) in [7, 11) is 0. The van der Waals surface area contributed by atoms with E-state index >= 15 is 0 Å². The van der Waals surface area contributed by atoms with Crippen molar-refractivity contribution < 1.29 is 13.9 Å². The van der Waals surface area contributed by atoms with E-state index in [1.54, 1.807) is 6.07 Å². The number of carbonyl (C=O) groups excluding carboxylic acids is 1. The van der Waals surface area contributed by atoms with Gasteiger partial charge in [-0.3, -0.25) is 0 Å². The number of halogens is 1. The molecule has 2 rings (SSSR count). The minimum Gasteiger partial charge on any atom is -0.493 e. The zero-order valence-electron chi connectivity index (χ0n) is 7.75. The van der Waals surface area contributed by atoms with Gasteiger partial charge in [-0.05, 0) is 24.1 Å². The molecule has 2 nitrogen and oxygen atoms in total. The summed E-state index contributed by atoms with van der Waals surface area (Å²) in [4.78, 5) is 10.2. The van der Waals surface area contributed by atoms with Gasteiger partial charge in [0.1, 0.15) is 17.9 Å². The van der Waals surface area contributed by atoms with Crippen molar-refractivity contribution in [2.24, 2.45) is 0 Å². The van der Waals surface area contributed by atoms with Crippen LogP contribution in [0.3, 0.4) is 0 Å². The summed E-state index contributed by atoms with van der Waals surface area (Å²) in [5.41, 5.74) is 1.58. The van der Waals surface area contributed by atoms with Gasteiger partial charge in [0.25, 0.3) is 0 Å². The van der Waals surface area contributed by atoms with Crippen LogP contribution in [0.2, 0.25) is 0 Å². The minimum atomic E-state index is -0.226. The van der Waals surface area contributed by atoms with E-state index in [2.05, 4.69) is 0 Å². The third-order valence-corrected chi connectivity index (χ3v) is 2.45. The molecule has 0 fully saturated rings. The van der Waals surface area contributed by atoms with Crippen molar-refractivity contribution in [3.05, 3.63) is 29.1 Å². The number of rotatable bonds is 3. The quantitative estimate of drug-likeness (QED) is 0.687. The van der Waals surface area contributed by atoms with Crippen molar-refractivity contribution in [3.63, 3.8) is 0 Å². The average molecular weight is 194 g/mol. The van der Waals surface area contributed by atoms with Gasteiger partial charge < -0.3 is 9.53 Å². The smallest absolute Gasteiger partial charge is 0.126 e. The molecule has 74 valence electrons. The number of fused-ring (bicyclic) bond motifs is 1. The van der Waals surface area contributed by atoms with Gasteiger partial charge in [-0.15, -0.1) is 0 Å². The number of ether oxygens (including phenoxy) is 1. The van der Waals surface area contributed by atoms with E-state index in [0.29, 0.717) is 25.0 Å². The highest BCUT2D eigenvalue weighted by atomic mass is 19.1. The molecule has 0 radical (unpaired) electrons. The fourth-order valence-corrected chi connectivity index (χ4v) is 1.79. The molecule has 0 N–H and O–H groups in total. The Morgan fingerprint density at radius 3 is 3.14 bits per heavy atom. The van der Waals surface area contributed by atoms with E-state index in [0.717, 1.165) is 24.0 Å². The molecule has 0 spiro atoms. The monoisotopic (exact) mass is 194 g/mol. The number of hydrogen-bond acceptors (Lipinski definition) is 2. The van der Waals surface area contributed by atoms with Gasteiger partial charge >= 0.3 is 0 Å². The maximum Gasteiger partial charge on any atom is 0.126 e. The molecule has 0 aromatic heterocycles. The fraction of sp³-hybridized carbons (Fsp3) is 0.364. The molecule has 0 saturated carbocycles. The van der Waals surface area contributed by atoms with Gasteiger partial charge in [0.05, 0.1) is 6.61 Å². The summed E-state index contributed by atoms with van der Waals surface area (Å²) >= 11 is 0. The van der Waals surface area contributed by atoms with E-state index in [1.165, 1.54) is 6.07 Å². The van der Waals surface area contributed by atoms with E-state index < -0.39 is 0 Å². The Morgan fingerprint density at radius 2 is 2.36 bits per heavy atom. The highest BCUT2D eigenvalue weighted by Gasteiger charge is 2.18. The van der Waals surface area contributed by atoms with Crippen molar-refractivity contribution in [2.75, 3.05) is 6.61 Å². The van der Waals surface area contributed by atoms with Gasteiger partial charge in [0.2, 0.25) is 0 Å². The van der Waals surface area contributed by atoms with Crippen LogP contribution in [0.1, 0.15) is 17.5 Å². The Kier molecular flexibility index (Phi) is 2.48. The molecule has 1 aliphatic rings. The summed E-state index contributed by atoms with van der Waals surface area (Å²) in [6.45, 7) is 0.618. The SMILES string of the molecule is O=CCCc1c(F)ccc2c1CCO2. The third kappa shape index (κ3) is 1.50. The highest BCUT2D eigenvalue weighted by molar-refractivity contribution is 5.52. The first-order valence-electron chi connectivity index (χ1n) is 4.69. The maximum absolute atomic E-state index is 13.4. The summed E-state index contributed by atoms with van der Waals surface area (Å²) in [6.07, 6.45) is 2.41. The third-order valence-electron chi connectivity index (χ3n) is 2.45. The Hall–Kier alpha value is -1.38. The first-order valence-corrected chi connectivity index (χ1v) is 4.69. The summed E-state index contributed by atoms with van der Waals surface area (Å²) in [5, 5.41) is 0. The molecule has 3 heteroatoms. The second kappa shape index (κ2) is 3.78. The molecule has 1 aromatic rings. The Morgan fingerprint density at radius 1 is 1.50 bits per heavy atom. The van der Waals surface area contributed by atoms with Gasteiger partial charge in [0.15, 0.2) is 0 Å². The first kappa shape index (κ1) is 9.19. The molecule has 0 bridgehead atoms. The average Bonchev–Trinajstić information content (AvgIpc) is 2.64. The van der Waals surface area contributed by atoms with E-state index in [9.17, 15) is 9.18 Å². The Balaban J connectivity index is 2.36. The van der Waals surface area contributed by atoms with Crippen molar-refractivity contribution in [3.8, 4) is 5.75 Å². The molecular formula is C11H11FO2. The summed E-state index contributed by atoms with van der Waals surface area (Å²) < 4.78 is 18.7. The van der Waals surface area contributed by atoms with Crippen LogP contribution in [0.4, 0.5) is 4.39 Å². The first-order chi connectivity index (χ1) is 6.83. The predicted molar refractivity (Wildman–Crippen MR) is 50.0 cm³/mol. The van der Waals surface area contributed by atoms with Crippen LogP contribution in [0.25, 0.3) is 0 Å². The van der Waals surface area contributed by atoms with Crippen molar-refractivity contribution in [1.29, 1.82) is 0 Å². The zero-order chi connectivity index (χ0) is 9.97. The highest BCUT2D eigenvalue weighted by Crippen LogP contribution is 2.30. The molecule has 0 amide bonds. The molecule has 1 heterocycles. The summed E-state index contributed by atoms with van der Waals surface area (Å²) in [6, 6.07) is 3.06. The van der Waals surface area contributed by atoms with Crippen LogP contribution >= 0.6 is 0 Å². The molecule has 1 aromatic carbocycles. The lowest BCUT2D eigenvalue weighted by atomic mass is 10.0. The molecule has 0 saturated heterocycles. The van der Waals surface area contributed by atoms with Gasteiger partial charge in [-0.25, -0.2) is 4.39 Å². The molecular weight excluding hydrogens is 183 g/mol. The largest absolute Gasteiger partial charge is 0.493 e. The van der Waals surface area contributed by atoms with Gasteiger partial charge in [-0.1, -0.05) is 0 Å². The molecule has 1 aliphatic heterocycles. The second-order valence-electron chi connectivity index (χ2n) is 3.31. The van der Waals surface area contributed by atoms with Gasteiger partial charge in [-0.2, -0.15) is 0 Å². The number of aldehydes is 1. The standard InChI is InChI=1S/C11H11FO2/c12-10-3-4-11-9(5-7-14-11)8(10)2-1-6-13/h3-4,6H,1-2,5,7H2. The van der Waals surface area contributed by atoms with Crippen LogP contribution in [0.15, 0.2) is 12.1 Å². The van der Waals surface area contributed by atoms with E-state index in [4.69, 9.17) is 4.74 Å². The molecule has 0 unspecified atom stereocenters. The minimum absolute atomic E-state index is 0.226. The maximum atomic E-state index is 13.4. The second-order valence-corrected chi connectivity index (χ2v) is 3.31. The lowest BCUT2D eigenvalue weighted by molar-refractivity contribution is -0.107. The zero-order valence-corrected chi connectivity index (χ0v) is 7.75. The van der Waals surface area contributed by atoms with Crippen molar-refractivity contribution in [2.45, 2.75) is 19.3 Å². The van der Waals surface area contributed by atoms with Crippen LogP contribution in [0.5, 0.6) is 5.75 Å². The topological polar surface area (TPSA) is 26.3 Å².